The lowest BCUT2D eigenvalue weighted by Gasteiger charge is -2.39. The van der Waals surface area contributed by atoms with E-state index in [1.54, 1.807) is 0 Å². The van der Waals surface area contributed by atoms with E-state index >= 15 is 0 Å². The maximum atomic E-state index is 12.2. The van der Waals surface area contributed by atoms with Gasteiger partial charge in [-0.05, 0) is 47.4 Å². The van der Waals surface area contributed by atoms with E-state index in [1.165, 1.54) is 19.1 Å². The van der Waals surface area contributed by atoms with Gasteiger partial charge in [0.05, 0.1) is 11.1 Å². The molecule has 9 N–H and O–H groups in total. The number of rotatable bonds is 14. The number of aliphatic carboxylic acids is 1. The highest BCUT2D eigenvalue weighted by Gasteiger charge is 2.31. The Morgan fingerprint density at radius 2 is 0.846 bits per heavy atom. The van der Waals surface area contributed by atoms with Gasteiger partial charge in [-0.25, -0.2) is 4.79 Å². The minimum Gasteiger partial charge on any atom is -0.478 e. The molecule has 3 saturated heterocycles. The second-order valence-corrected chi connectivity index (χ2v) is 13.9. The summed E-state index contributed by atoms with van der Waals surface area (Å²) in [4.78, 5) is 46.1. The van der Waals surface area contributed by atoms with Gasteiger partial charge >= 0.3 is 5.97 Å². The van der Waals surface area contributed by atoms with Crippen LogP contribution in [0.2, 0.25) is 0 Å². The summed E-state index contributed by atoms with van der Waals surface area (Å²) in [5, 5.41) is 38.6. The van der Waals surface area contributed by atoms with E-state index in [2.05, 4.69) is 54.7 Å². The van der Waals surface area contributed by atoms with E-state index in [4.69, 9.17) is 5.11 Å². The van der Waals surface area contributed by atoms with Crippen LogP contribution in [0.5, 0.6) is 0 Å². The molecule has 0 aromatic heterocycles. The summed E-state index contributed by atoms with van der Waals surface area (Å²) < 4.78 is 0. The fourth-order valence-electron chi connectivity index (χ4n) is 6.27. The molecule has 0 spiro atoms. The second-order valence-electron chi connectivity index (χ2n) is 13.9. The molecule has 3 aliphatic rings. The molecular weight excluding hydrogens is 660 g/mol. The number of allylic oxidation sites excluding steroid dienone is 3. The molecule has 0 atom stereocenters. The Balaban J connectivity index is 1.35. The lowest BCUT2D eigenvalue weighted by Crippen LogP contribution is -2.66. The molecule has 282 valence electrons. The molecule has 52 heavy (non-hydrogen) atoms. The van der Waals surface area contributed by atoms with E-state index in [0.29, 0.717) is 13.1 Å². The van der Waals surface area contributed by atoms with Crippen LogP contribution >= 0.6 is 0 Å². The van der Waals surface area contributed by atoms with Crippen molar-refractivity contribution < 1.29 is 24.3 Å². The second kappa shape index (κ2) is 21.6. The predicted octanol–water partition coefficient (Wildman–Crippen LogP) is -0.382. The highest BCUT2D eigenvalue weighted by molar-refractivity contribution is 5.98. The molecule has 0 unspecified atom stereocenters. The zero-order valence-corrected chi connectivity index (χ0v) is 30.3. The van der Waals surface area contributed by atoms with E-state index in [0.717, 1.165) is 113 Å². The van der Waals surface area contributed by atoms with Gasteiger partial charge in [0.15, 0.2) is 17.3 Å². The summed E-state index contributed by atoms with van der Waals surface area (Å²) in [7, 11) is 0. The van der Waals surface area contributed by atoms with Crippen molar-refractivity contribution in [2.24, 2.45) is 0 Å². The van der Waals surface area contributed by atoms with Crippen LogP contribution in [0.3, 0.4) is 0 Å². The van der Waals surface area contributed by atoms with Crippen molar-refractivity contribution in [3.63, 3.8) is 0 Å². The van der Waals surface area contributed by atoms with Gasteiger partial charge in [0.1, 0.15) is 0 Å². The van der Waals surface area contributed by atoms with Crippen LogP contribution in [0, 0.1) is 0 Å². The normalized spacial score (nSPS) is 22.6. The first-order valence-corrected chi connectivity index (χ1v) is 18.2. The van der Waals surface area contributed by atoms with Crippen molar-refractivity contribution in [2.45, 2.75) is 43.9 Å². The lowest BCUT2D eigenvalue weighted by atomic mass is 9.96. The molecule has 0 aliphatic carbocycles. The fourth-order valence-corrected chi connectivity index (χ4v) is 6.27. The molecule has 0 amide bonds. The average molecular weight is 717 g/mol. The van der Waals surface area contributed by atoms with Crippen LogP contribution in [-0.2, 0) is 45.1 Å². The topological polar surface area (TPSA) is 185 Å². The molecule has 3 aliphatic heterocycles. The van der Waals surface area contributed by atoms with Crippen molar-refractivity contribution in [2.75, 3.05) is 78.5 Å². The van der Waals surface area contributed by atoms with Gasteiger partial charge in [0.25, 0.3) is 0 Å². The number of carbonyl (C=O) groups excluding carboxylic acids is 3. The first-order valence-electron chi connectivity index (χ1n) is 18.2. The Kier molecular flexibility index (Phi) is 16.9. The third-order valence-electron chi connectivity index (χ3n) is 9.27. The average Bonchev–Trinajstić information content (AvgIpc) is 3.13. The maximum absolute atomic E-state index is 12.2. The SMILES string of the molecule is CC(=O)/C=C/C(=O)Cc1ccc(CNC23CNCCNCC(NCc4ccc(CC(=O)/C=C/C(=O)O)cc4)(CNCCNC2)CNCCNC3)cc1. The van der Waals surface area contributed by atoms with E-state index in [-0.39, 0.29) is 41.3 Å². The third kappa shape index (κ3) is 15.0. The third-order valence-corrected chi connectivity index (χ3v) is 9.27. The number of ketones is 3. The van der Waals surface area contributed by atoms with Gasteiger partial charge in [-0.1, -0.05) is 48.5 Å². The van der Waals surface area contributed by atoms with Gasteiger partial charge in [-0.2, -0.15) is 0 Å². The molecule has 0 radical (unpaired) electrons. The number of nitrogens with one attached hydrogen (secondary N) is 8. The molecular formula is C39H56N8O5. The van der Waals surface area contributed by atoms with Crippen molar-refractivity contribution in [1.29, 1.82) is 0 Å². The quantitative estimate of drug-likeness (QED) is 0.116. The van der Waals surface area contributed by atoms with E-state index in [9.17, 15) is 19.2 Å². The number of carbonyl (C=O) groups is 4. The first kappa shape index (κ1) is 40.8. The molecule has 2 bridgehead atoms. The Labute approximate surface area is 307 Å². The number of hydrogen-bond acceptors (Lipinski definition) is 12. The van der Waals surface area contributed by atoms with Crippen LogP contribution in [0.25, 0.3) is 0 Å². The van der Waals surface area contributed by atoms with E-state index in [1.807, 2.05) is 36.4 Å². The molecule has 3 heterocycles. The molecule has 3 fully saturated rings. The first-order chi connectivity index (χ1) is 25.1. The highest BCUT2D eigenvalue weighted by Crippen LogP contribution is 2.12. The van der Waals surface area contributed by atoms with Crippen LogP contribution in [0.1, 0.15) is 29.2 Å². The standard InChI is InChI=1S/C39H56N8O5/c1-30(48)2-11-35(49)20-31-3-7-33(8-4-31)22-46-38-24-40-14-17-43-27-39(28-44-18-15-41-25-38,29-45-19-16-42-26-38)47-23-34-9-5-32(6-10-34)21-36(50)12-13-37(51)52/h2-13,40-47H,14-29H2,1H3,(H,51,52)/b11-2+,13-12+. The van der Waals surface area contributed by atoms with Crippen LogP contribution in [-0.4, -0.2) is 118 Å². The molecule has 2 aromatic rings. The Morgan fingerprint density at radius 3 is 1.15 bits per heavy atom. The number of hydrogen-bond donors (Lipinski definition) is 9. The van der Waals surface area contributed by atoms with Gasteiger partial charge in [0, 0.05) is 111 Å². The summed E-state index contributed by atoms with van der Waals surface area (Å²) in [6.45, 7) is 12.2. The van der Waals surface area contributed by atoms with Crippen molar-refractivity contribution in [1.82, 2.24) is 42.5 Å². The number of benzene rings is 2. The summed E-state index contributed by atoms with van der Waals surface area (Å²) in [6.07, 6.45) is 5.07. The Bertz CT molecular complexity index is 1350. The summed E-state index contributed by atoms with van der Waals surface area (Å²) in [6, 6.07) is 16.0. The Morgan fingerprint density at radius 1 is 0.538 bits per heavy atom. The number of fused-ring (bicyclic) bond motifs is 15. The lowest BCUT2D eigenvalue weighted by molar-refractivity contribution is -0.131. The monoisotopic (exact) mass is 716 g/mol. The van der Waals surface area contributed by atoms with Gasteiger partial charge in [0.2, 0.25) is 0 Å². The number of carboxylic acids is 1. The molecule has 0 saturated carbocycles. The molecule has 13 heteroatoms. The minimum absolute atomic E-state index is 0.0901. The minimum atomic E-state index is -1.13. The van der Waals surface area contributed by atoms with Crippen LogP contribution < -0.4 is 42.5 Å². The largest absolute Gasteiger partial charge is 0.478 e. The number of carboxylic acid groups (broad SMARTS) is 1. The van der Waals surface area contributed by atoms with Crippen molar-refractivity contribution in [3.05, 3.63) is 95.1 Å². The zero-order chi connectivity index (χ0) is 37.1. The van der Waals surface area contributed by atoms with E-state index < -0.39 is 5.97 Å². The van der Waals surface area contributed by atoms with Gasteiger partial charge in [-0.3, -0.25) is 14.4 Å². The molecule has 5 rings (SSSR count). The predicted molar refractivity (Wildman–Crippen MR) is 203 cm³/mol. The van der Waals surface area contributed by atoms with Crippen molar-refractivity contribution in [3.8, 4) is 0 Å². The maximum Gasteiger partial charge on any atom is 0.328 e. The fraction of sp³-hybridized carbons (Fsp3) is 0.487. The molecule has 13 nitrogen and oxygen atoms in total. The molecule has 2 aromatic carbocycles. The van der Waals surface area contributed by atoms with Crippen LogP contribution in [0.15, 0.2) is 72.8 Å². The highest BCUT2D eigenvalue weighted by atomic mass is 16.4. The summed E-state index contributed by atoms with van der Waals surface area (Å²) in [5.41, 5.74) is 3.49. The smallest absolute Gasteiger partial charge is 0.328 e. The zero-order valence-electron chi connectivity index (χ0n) is 30.3. The van der Waals surface area contributed by atoms with Crippen LogP contribution in [0.4, 0.5) is 0 Å². The van der Waals surface area contributed by atoms with Gasteiger partial charge < -0.3 is 47.6 Å². The summed E-state index contributed by atoms with van der Waals surface area (Å²) >= 11 is 0. The summed E-state index contributed by atoms with van der Waals surface area (Å²) in [5.74, 6) is -1.60. The van der Waals surface area contributed by atoms with Gasteiger partial charge in [-0.15, -0.1) is 0 Å². The Hall–Kier alpha value is -3.92. The van der Waals surface area contributed by atoms with Crippen molar-refractivity contribution >= 4 is 23.3 Å².